The highest BCUT2D eigenvalue weighted by molar-refractivity contribution is 6.08. The molecule has 0 aromatic heterocycles. The molecule has 0 saturated heterocycles. The smallest absolute Gasteiger partial charge is 0.336 e. The summed E-state index contributed by atoms with van der Waals surface area (Å²) in [5.41, 5.74) is -0.953. The topological polar surface area (TPSA) is 155 Å². The Morgan fingerprint density at radius 1 is 0.600 bits per heavy atom. The number of hydrogen-bond acceptors (Lipinski definition) is 6. The first kappa shape index (κ1) is 20.3. The van der Waals surface area contributed by atoms with Gasteiger partial charge >= 0.3 is 11.9 Å². The van der Waals surface area contributed by atoms with Gasteiger partial charge in [-0.3, -0.25) is 0 Å². The summed E-state index contributed by atoms with van der Waals surface area (Å²) >= 11 is 0. The van der Waals surface area contributed by atoms with Crippen LogP contribution in [0.5, 0.6) is 0 Å². The monoisotopic (exact) mass is 404 g/mol. The fourth-order valence-corrected chi connectivity index (χ4v) is 3.16. The number of carbonyl (C=O) groups excluding carboxylic acids is 2. The van der Waals surface area contributed by atoms with Crippen molar-refractivity contribution in [1.82, 2.24) is 0 Å². The van der Waals surface area contributed by atoms with E-state index < -0.39 is 23.9 Å². The number of rotatable bonds is 6. The molecule has 8 heteroatoms. The molecular weight excluding hydrogens is 392 g/mol. The molecule has 30 heavy (non-hydrogen) atoms. The maximum absolute atomic E-state index is 11.9. The average Bonchev–Trinajstić information content (AvgIpc) is 2.72. The van der Waals surface area contributed by atoms with Gasteiger partial charge in [0.15, 0.2) is 0 Å². The van der Waals surface area contributed by atoms with Crippen molar-refractivity contribution in [3.05, 3.63) is 82.9 Å². The molecule has 0 radical (unpaired) electrons. The predicted molar refractivity (Wildman–Crippen MR) is 99.9 cm³/mol. The molecule has 0 amide bonds. The lowest BCUT2D eigenvalue weighted by atomic mass is 9.86. The van der Waals surface area contributed by atoms with Crippen molar-refractivity contribution in [2.75, 3.05) is 0 Å². The van der Waals surface area contributed by atoms with Crippen LogP contribution in [0, 0.1) is 0 Å². The van der Waals surface area contributed by atoms with Gasteiger partial charge in [0.2, 0.25) is 0 Å². The number of carbonyl (C=O) groups is 4. The second kappa shape index (κ2) is 7.88. The Balaban J connectivity index is 2.47. The van der Waals surface area contributed by atoms with E-state index in [2.05, 4.69) is 0 Å². The molecule has 150 valence electrons. The molecule has 0 fully saturated rings. The minimum atomic E-state index is -1.50. The van der Waals surface area contributed by atoms with Gasteiger partial charge in [0.25, 0.3) is 0 Å². The van der Waals surface area contributed by atoms with Crippen molar-refractivity contribution in [2.45, 2.75) is 0 Å². The molecule has 3 rings (SSSR count). The van der Waals surface area contributed by atoms with E-state index in [-0.39, 0.29) is 44.5 Å². The van der Waals surface area contributed by atoms with Crippen LogP contribution < -0.4 is 10.2 Å². The zero-order valence-corrected chi connectivity index (χ0v) is 15.1. The molecule has 2 N–H and O–H groups in total. The Morgan fingerprint density at radius 3 is 1.27 bits per heavy atom. The van der Waals surface area contributed by atoms with Crippen molar-refractivity contribution in [2.24, 2.45) is 0 Å². The van der Waals surface area contributed by atoms with Gasteiger partial charge in [-0.25, -0.2) is 9.59 Å². The fourth-order valence-electron chi connectivity index (χ4n) is 3.16. The molecule has 3 aromatic rings. The second-order valence-electron chi connectivity index (χ2n) is 6.26. The molecular formula is C22H12O8-2. The van der Waals surface area contributed by atoms with Crippen LogP contribution in [0.1, 0.15) is 41.4 Å². The predicted octanol–water partition coefficient (Wildman–Crippen LogP) is 1.14. The summed E-state index contributed by atoms with van der Waals surface area (Å²) in [7, 11) is 0. The lowest BCUT2D eigenvalue weighted by molar-refractivity contribution is -0.256. The number of carboxylic acids is 4. The molecule has 0 heterocycles. The van der Waals surface area contributed by atoms with E-state index in [0.717, 1.165) is 24.3 Å². The summed E-state index contributed by atoms with van der Waals surface area (Å²) in [5.74, 6) is -5.75. The van der Waals surface area contributed by atoms with Gasteiger partial charge in [0, 0.05) is 11.1 Å². The Labute approximate surface area is 169 Å². The van der Waals surface area contributed by atoms with Crippen LogP contribution in [0.3, 0.4) is 0 Å². The third-order valence-corrected chi connectivity index (χ3v) is 4.44. The highest BCUT2D eigenvalue weighted by Crippen LogP contribution is 2.38. The second-order valence-corrected chi connectivity index (χ2v) is 6.26. The molecule has 0 aliphatic carbocycles. The lowest BCUT2D eigenvalue weighted by Crippen LogP contribution is -2.22. The lowest BCUT2D eigenvalue weighted by Gasteiger charge is -2.18. The first-order chi connectivity index (χ1) is 14.2. The fraction of sp³-hybridized carbons (Fsp3) is 0. The van der Waals surface area contributed by atoms with Crippen molar-refractivity contribution in [1.29, 1.82) is 0 Å². The van der Waals surface area contributed by atoms with E-state index >= 15 is 0 Å². The zero-order chi connectivity index (χ0) is 22.0. The van der Waals surface area contributed by atoms with Crippen molar-refractivity contribution in [3.8, 4) is 22.3 Å². The van der Waals surface area contributed by atoms with Crippen LogP contribution in [0.4, 0.5) is 0 Å². The molecule has 8 nitrogen and oxygen atoms in total. The van der Waals surface area contributed by atoms with Crippen LogP contribution in [-0.4, -0.2) is 34.1 Å². The van der Waals surface area contributed by atoms with Crippen LogP contribution in [0.25, 0.3) is 22.3 Å². The van der Waals surface area contributed by atoms with E-state index in [1.807, 2.05) is 0 Å². The Kier molecular flexibility index (Phi) is 5.33. The number of benzene rings is 3. The van der Waals surface area contributed by atoms with E-state index in [4.69, 9.17) is 0 Å². The first-order valence-corrected chi connectivity index (χ1v) is 8.48. The van der Waals surface area contributed by atoms with Crippen molar-refractivity contribution in [3.63, 3.8) is 0 Å². The van der Waals surface area contributed by atoms with Crippen LogP contribution in [-0.2, 0) is 0 Å². The summed E-state index contributed by atoms with van der Waals surface area (Å²) in [5, 5.41) is 41.9. The highest BCUT2D eigenvalue weighted by Gasteiger charge is 2.23. The normalized spacial score (nSPS) is 10.4. The van der Waals surface area contributed by atoms with Crippen molar-refractivity contribution < 1.29 is 39.6 Å². The molecule has 0 saturated carbocycles. The average molecular weight is 404 g/mol. The zero-order valence-electron chi connectivity index (χ0n) is 15.1. The largest absolute Gasteiger partial charge is 0.545 e. The summed E-state index contributed by atoms with van der Waals surface area (Å²) in [4.78, 5) is 46.3. The van der Waals surface area contributed by atoms with Crippen LogP contribution in [0.2, 0.25) is 0 Å². The SMILES string of the molecule is O=C([O-])c1cccc(-c2c(C(=O)O)ccc(C(=O)O)c2-c2cccc(C(=O)[O-])c2)c1. The number of aromatic carboxylic acids is 4. The van der Waals surface area contributed by atoms with Crippen molar-refractivity contribution >= 4 is 23.9 Å². The molecule has 0 atom stereocenters. The quantitative estimate of drug-likeness (QED) is 0.620. The maximum Gasteiger partial charge on any atom is 0.336 e. The summed E-state index contributed by atoms with van der Waals surface area (Å²) in [6, 6.07) is 12.6. The molecule has 0 aliphatic heterocycles. The van der Waals surface area contributed by atoms with E-state index in [9.17, 15) is 39.6 Å². The molecule has 0 unspecified atom stereocenters. The number of hydrogen-bond donors (Lipinski definition) is 2. The van der Waals surface area contributed by atoms with Gasteiger partial charge in [0.05, 0.1) is 23.1 Å². The van der Waals surface area contributed by atoms with Gasteiger partial charge in [-0.1, -0.05) is 36.4 Å². The summed E-state index contributed by atoms with van der Waals surface area (Å²) in [6.45, 7) is 0. The van der Waals surface area contributed by atoms with E-state index in [0.29, 0.717) is 0 Å². The number of carboxylic acid groups (broad SMARTS) is 4. The van der Waals surface area contributed by atoms with E-state index in [1.165, 1.54) is 36.4 Å². The molecule has 0 aliphatic rings. The maximum atomic E-state index is 11.9. The van der Waals surface area contributed by atoms with Gasteiger partial charge < -0.3 is 30.0 Å². The van der Waals surface area contributed by atoms with E-state index in [1.54, 1.807) is 0 Å². The standard InChI is InChI=1S/C22H14O8/c23-19(24)13-5-1-3-11(9-13)17-15(21(27)28)7-8-16(22(29)30)18(17)12-4-2-6-14(10-12)20(25)26/h1-10H,(H,23,24)(H,25,26)(H,27,28)(H,29,30)/p-2. The Hall–Kier alpha value is -4.46. The first-order valence-electron chi connectivity index (χ1n) is 8.48. The van der Waals surface area contributed by atoms with Gasteiger partial charge in [-0.15, -0.1) is 0 Å². The third kappa shape index (κ3) is 3.74. The minimum absolute atomic E-state index is 0.0685. The van der Waals surface area contributed by atoms with Gasteiger partial charge in [0.1, 0.15) is 0 Å². The minimum Gasteiger partial charge on any atom is -0.545 e. The van der Waals surface area contributed by atoms with Crippen LogP contribution in [0.15, 0.2) is 60.7 Å². The third-order valence-electron chi connectivity index (χ3n) is 4.44. The Morgan fingerprint density at radius 2 is 0.967 bits per heavy atom. The highest BCUT2D eigenvalue weighted by atomic mass is 16.4. The summed E-state index contributed by atoms with van der Waals surface area (Å²) in [6.07, 6.45) is 0. The molecule has 0 bridgehead atoms. The summed E-state index contributed by atoms with van der Waals surface area (Å²) < 4.78 is 0. The van der Waals surface area contributed by atoms with Crippen LogP contribution >= 0.6 is 0 Å². The van der Waals surface area contributed by atoms with Gasteiger partial charge in [-0.05, 0) is 46.5 Å². The van der Waals surface area contributed by atoms with Gasteiger partial charge in [-0.2, -0.15) is 0 Å². The molecule has 3 aromatic carbocycles. The molecule has 0 spiro atoms. The Bertz CT molecular complexity index is 1120.